The van der Waals surface area contributed by atoms with Gasteiger partial charge in [-0.2, -0.15) is 0 Å². The van der Waals surface area contributed by atoms with Crippen molar-refractivity contribution in [1.29, 1.82) is 0 Å². The Balaban J connectivity index is 1.69. The third-order valence-corrected chi connectivity index (χ3v) is 4.62. The lowest BCUT2D eigenvalue weighted by Gasteiger charge is -2.28. The van der Waals surface area contributed by atoms with Gasteiger partial charge in [0, 0.05) is 18.0 Å². The first-order valence-corrected chi connectivity index (χ1v) is 8.28. The highest BCUT2D eigenvalue weighted by Crippen LogP contribution is 2.14. The largest absolute Gasteiger partial charge is 0.378 e. The van der Waals surface area contributed by atoms with Gasteiger partial charge in [-0.1, -0.05) is 0 Å². The van der Waals surface area contributed by atoms with E-state index < -0.39 is 0 Å². The van der Waals surface area contributed by atoms with Crippen molar-refractivity contribution < 1.29 is 14.3 Å². The van der Waals surface area contributed by atoms with E-state index in [0.717, 1.165) is 0 Å². The first-order valence-electron chi connectivity index (χ1n) is 7.40. The van der Waals surface area contributed by atoms with Gasteiger partial charge in [0.2, 0.25) is 11.8 Å². The van der Waals surface area contributed by atoms with Crippen LogP contribution in [-0.4, -0.2) is 68.1 Å². The summed E-state index contributed by atoms with van der Waals surface area (Å²) in [6, 6.07) is 2.04. The standard InChI is InChI=1S/C15H23N3O3S/c1-12-3-8-22-13(12)9-16-14(19)10-17(2)11-15(20)18-4-6-21-7-5-18/h3,8H,4-7,9-11H2,1-2H3,(H,16,19). The van der Waals surface area contributed by atoms with Crippen molar-refractivity contribution in [2.24, 2.45) is 0 Å². The van der Waals surface area contributed by atoms with E-state index in [1.165, 1.54) is 10.4 Å². The Morgan fingerprint density at radius 3 is 2.73 bits per heavy atom. The van der Waals surface area contributed by atoms with Crippen LogP contribution in [0, 0.1) is 6.92 Å². The minimum atomic E-state index is -0.0647. The molecular formula is C15H23N3O3S. The molecule has 2 rings (SSSR count). The van der Waals surface area contributed by atoms with Crippen molar-refractivity contribution >= 4 is 23.2 Å². The summed E-state index contributed by atoms with van der Waals surface area (Å²) >= 11 is 1.64. The summed E-state index contributed by atoms with van der Waals surface area (Å²) < 4.78 is 5.23. The van der Waals surface area contributed by atoms with Gasteiger partial charge in [-0.15, -0.1) is 11.3 Å². The molecule has 0 saturated carbocycles. The number of morpholine rings is 1. The summed E-state index contributed by atoms with van der Waals surface area (Å²) in [5.74, 6) is -0.0159. The summed E-state index contributed by atoms with van der Waals surface area (Å²) in [6.07, 6.45) is 0. The number of aryl methyl sites for hydroxylation is 1. The van der Waals surface area contributed by atoms with Crippen LogP contribution in [0.2, 0.25) is 0 Å². The molecule has 1 N–H and O–H groups in total. The second kappa shape index (κ2) is 8.26. The summed E-state index contributed by atoms with van der Waals surface area (Å²) in [7, 11) is 1.79. The first kappa shape index (κ1) is 16.9. The molecule has 0 radical (unpaired) electrons. The lowest BCUT2D eigenvalue weighted by molar-refractivity contribution is -0.136. The van der Waals surface area contributed by atoms with Crippen molar-refractivity contribution in [2.45, 2.75) is 13.5 Å². The maximum Gasteiger partial charge on any atom is 0.236 e. The minimum Gasteiger partial charge on any atom is -0.378 e. The van der Waals surface area contributed by atoms with Crippen LogP contribution >= 0.6 is 11.3 Å². The van der Waals surface area contributed by atoms with Crippen molar-refractivity contribution in [3.63, 3.8) is 0 Å². The van der Waals surface area contributed by atoms with Crippen LogP contribution in [0.15, 0.2) is 11.4 Å². The SMILES string of the molecule is Cc1ccsc1CNC(=O)CN(C)CC(=O)N1CCOCC1. The Bertz CT molecular complexity index is 512. The maximum atomic E-state index is 12.1. The number of likely N-dealkylation sites (N-methyl/N-ethyl adjacent to an activating group) is 1. The Labute approximate surface area is 135 Å². The molecular weight excluding hydrogens is 302 g/mol. The fraction of sp³-hybridized carbons (Fsp3) is 0.600. The predicted octanol–water partition coefficient (Wildman–Crippen LogP) is 0.463. The molecule has 7 heteroatoms. The molecule has 1 aliphatic heterocycles. The lowest BCUT2D eigenvalue weighted by atomic mass is 10.3. The number of thiophene rings is 1. The number of amides is 2. The number of ether oxygens (including phenoxy) is 1. The minimum absolute atomic E-state index is 0.0488. The lowest BCUT2D eigenvalue weighted by Crippen LogP contribution is -2.46. The topological polar surface area (TPSA) is 61.9 Å². The Kier molecular flexibility index (Phi) is 6.35. The molecule has 1 aromatic heterocycles. The molecule has 2 heterocycles. The van der Waals surface area contributed by atoms with Gasteiger partial charge >= 0.3 is 0 Å². The van der Waals surface area contributed by atoms with E-state index in [9.17, 15) is 9.59 Å². The van der Waals surface area contributed by atoms with Gasteiger partial charge in [-0.3, -0.25) is 14.5 Å². The molecule has 1 aliphatic rings. The summed E-state index contributed by atoms with van der Waals surface area (Å²) in [6.45, 7) is 5.52. The zero-order valence-corrected chi connectivity index (χ0v) is 13.9. The quantitative estimate of drug-likeness (QED) is 0.826. The van der Waals surface area contributed by atoms with Gasteiger partial charge in [0.1, 0.15) is 0 Å². The van der Waals surface area contributed by atoms with Crippen molar-refractivity contribution in [1.82, 2.24) is 15.1 Å². The number of nitrogens with zero attached hydrogens (tertiary/aromatic N) is 2. The van der Waals surface area contributed by atoms with Crippen LogP contribution in [0.3, 0.4) is 0 Å². The van der Waals surface area contributed by atoms with Crippen LogP contribution in [-0.2, 0) is 20.9 Å². The van der Waals surface area contributed by atoms with Crippen LogP contribution in [0.5, 0.6) is 0 Å². The highest BCUT2D eigenvalue weighted by molar-refractivity contribution is 7.10. The van der Waals surface area contributed by atoms with Crippen molar-refractivity contribution in [3.8, 4) is 0 Å². The van der Waals surface area contributed by atoms with Gasteiger partial charge in [0.25, 0.3) is 0 Å². The molecule has 0 aliphatic carbocycles. The molecule has 1 aromatic rings. The third-order valence-electron chi connectivity index (χ3n) is 3.60. The molecule has 122 valence electrons. The van der Waals surface area contributed by atoms with Gasteiger partial charge in [0.15, 0.2) is 0 Å². The second-order valence-electron chi connectivity index (χ2n) is 5.47. The monoisotopic (exact) mass is 325 g/mol. The zero-order chi connectivity index (χ0) is 15.9. The van der Waals surface area contributed by atoms with Gasteiger partial charge in [-0.25, -0.2) is 0 Å². The third kappa shape index (κ3) is 5.08. The predicted molar refractivity (Wildman–Crippen MR) is 85.8 cm³/mol. The molecule has 0 bridgehead atoms. The number of hydrogen-bond acceptors (Lipinski definition) is 5. The number of hydrogen-bond donors (Lipinski definition) is 1. The average Bonchev–Trinajstić information content (AvgIpc) is 2.91. The Morgan fingerprint density at radius 2 is 2.09 bits per heavy atom. The highest BCUT2D eigenvalue weighted by atomic mass is 32.1. The maximum absolute atomic E-state index is 12.1. The highest BCUT2D eigenvalue weighted by Gasteiger charge is 2.19. The van der Waals surface area contributed by atoms with E-state index >= 15 is 0 Å². The molecule has 2 amide bonds. The number of carbonyl (C=O) groups is 2. The fourth-order valence-corrected chi connectivity index (χ4v) is 3.11. The molecule has 22 heavy (non-hydrogen) atoms. The second-order valence-corrected chi connectivity index (χ2v) is 6.47. The normalized spacial score (nSPS) is 15.1. The smallest absolute Gasteiger partial charge is 0.236 e. The van der Waals surface area contributed by atoms with Crippen molar-refractivity contribution in [2.75, 3.05) is 46.4 Å². The summed E-state index contributed by atoms with van der Waals surface area (Å²) in [5, 5.41) is 4.91. The van der Waals surface area contributed by atoms with Crippen LogP contribution in [0.25, 0.3) is 0 Å². The molecule has 0 aromatic carbocycles. The van der Waals surface area contributed by atoms with E-state index in [1.807, 2.05) is 18.4 Å². The molecule has 1 fully saturated rings. The van der Waals surface area contributed by atoms with Gasteiger partial charge < -0.3 is 15.0 Å². The van der Waals surface area contributed by atoms with Crippen LogP contribution in [0.4, 0.5) is 0 Å². The van der Waals surface area contributed by atoms with E-state index in [0.29, 0.717) is 32.8 Å². The summed E-state index contributed by atoms with van der Waals surface area (Å²) in [5.41, 5.74) is 1.20. The average molecular weight is 325 g/mol. The zero-order valence-electron chi connectivity index (χ0n) is 13.1. The molecule has 0 spiro atoms. The number of rotatable bonds is 6. The molecule has 0 atom stereocenters. The Hall–Kier alpha value is -1.44. The van der Waals surface area contributed by atoms with Crippen LogP contribution < -0.4 is 5.32 Å². The fourth-order valence-electron chi connectivity index (χ4n) is 2.26. The Morgan fingerprint density at radius 1 is 1.36 bits per heavy atom. The van der Waals surface area contributed by atoms with E-state index in [1.54, 1.807) is 28.2 Å². The van der Waals surface area contributed by atoms with Crippen LogP contribution in [0.1, 0.15) is 10.4 Å². The van der Waals surface area contributed by atoms with Gasteiger partial charge in [0.05, 0.1) is 32.8 Å². The number of nitrogens with one attached hydrogen (secondary N) is 1. The van der Waals surface area contributed by atoms with Gasteiger partial charge in [-0.05, 0) is 31.0 Å². The van der Waals surface area contributed by atoms with E-state index in [-0.39, 0.29) is 24.9 Å². The van der Waals surface area contributed by atoms with E-state index in [2.05, 4.69) is 5.32 Å². The molecule has 6 nitrogen and oxygen atoms in total. The summed E-state index contributed by atoms with van der Waals surface area (Å²) in [4.78, 5) is 28.7. The van der Waals surface area contributed by atoms with E-state index in [4.69, 9.17) is 4.74 Å². The van der Waals surface area contributed by atoms with Crippen molar-refractivity contribution in [3.05, 3.63) is 21.9 Å². The number of carbonyl (C=O) groups excluding carboxylic acids is 2. The molecule has 0 unspecified atom stereocenters. The molecule has 1 saturated heterocycles. The first-order chi connectivity index (χ1) is 10.6.